The second-order valence-corrected chi connectivity index (χ2v) is 7.60. The summed E-state index contributed by atoms with van der Waals surface area (Å²) in [4.78, 5) is 15.6. The minimum atomic E-state index is -0.244. The van der Waals surface area contributed by atoms with Gasteiger partial charge in [0.25, 0.3) is 0 Å². The van der Waals surface area contributed by atoms with E-state index >= 15 is 0 Å². The van der Waals surface area contributed by atoms with Crippen LogP contribution in [0.3, 0.4) is 0 Å². The molecule has 0 radical (unpaired) electrons. The molecule has 1 fully saturated rings. The Labute approximate surface area is 150 Å². The average molecular weight is 352 g/mol. The third-order valence-corrected chi connectivity index (χ3v) is 4.30. The van der Waals surface area contributed by atoms with E-state index in [1.807, 2.05) is 11.7 Å². The normalized spacial score (nSPS) is 20.6. The third kappa shape index (κ3) is 5.80. The molecule has 1 aliphatic rings. The lowest BCUT2D eigenvalue weighted by Crippen LogP contribution is -2.53. The molecule has 0 aromatic carbocycles. The maximum absolute atomic E-state index is 11.6. The number of rotatable bonds is 7. The minimum absolute atomic E-state index is 0.0325. The summed E-state index contributed by atoms with van der Waals surface area (Å²) in [5, 5.41) is 4.53. The average Bonchev–Trinajstić information content (AvgIpc) is 2.85. The van der Waals surface area contributed by atoms with Crippen LogP contribution in [0.5, 0.6) is 0 Å². The fourth-order valence-corrected chi connectivity index (χ4v) is 3.29. The number of amides is 1. The van der Waals surface area contributed by atoms with Crippen molar-refractivity contribution in [3.8, 4) is 0 Å². The van der Waals surface area contributed by atoms with Crippen LogP contribution in [0.25, 0.3) is 0 Å². The first-order valence-corrected chi connectivity index (χ1v) is 8.89. The summed E-state index contributed by atoms with van der Waals surface area (Å²) in [6, 6.07) is 0. The monoisotopic (exact) mass is 352 g/mol. The summed E-state index contributed by atoms with van der Waals surface area (Å²) in [5.41, 5.74) is 2.17. The Kier molecular flexibility index (Phi) is 6.59. The van der Waals surface area contributed by atoms with Gasteiger partial charge in [-0.25, -0.2) is 0 Å². The van der Waals surface area contributed by atoms with Crippen molar-refractivity contribution in [2.45, 2.75) is 45.4 Å². The highest BCUT2D eigenvalue weighted by Gasteiger charge is 2.34. The molecule has 2 rings (SSSR count). The second-order valence-electron chi connectivity index (χ2n) is 7.60. The number of aromatic nitrogens is 2. The summed E-state index contributed by atoms with van der Waals surface area (Å²) in [6.07, 6.45) is 2.99. The Morgan fingerprint density at radius 2 is 2.20 bits per heavy atom. The lowest BCUT2D eigenvalue weighted by atomic mass is 10.0. The molecule has 25 heavy (non-hydrogen) atoms. The van der Waals surface area contributed by atoms with E-state index in [0.717, 1.165) is 31.7 Å². The zero-order valence-electron chi connectivity index (χ0n) is 16.4. The number of nitrogens with zero attached hydrogens (tertiary/aromatic N) is 4. The van der Waals surface area contributed by atoms with Gasteiger partial charge >= 0.3 is 0 Å². The van der Waals surface area contributed by atoms with Crippen molar-refractivity contribution in [2.75, 3.05) is 40.4 Å². The number of morpholine rings is 1. The summed E-state index contributed by atoms with van der Waals surface area (Å²) >= 11 is 0. The van der Waals surface area contributed by atoms with Crippen molar-refractivity contribution < 1.29 is 14.3 Å². The largest absolute Gasteiger partial charge is 0.369 e. The van der Waals surface area contributed by atoms with Gasteiger partial charge in [0.1, 0.15) is 6.61 Å². The third-order valence-electron chi connectivity index (χ3n) is 4.30. The second kappa shape index (κ2) is 8.29. The van der Waals surface area contributed by atoms with Gasteiger partial charge in [-0.1, -0.05) is 6.92 Å². The first-order valence-electron chi connectivity index (χ1n) is 8.89. The molecule has 1 saturated heterocycles. The molecule has 0 aliphatic carbocycles. The molecule has 1 aliphatic heterocycles. The summed E-state index contributed by atoms with van der Waals surface area (Å²) in [7, 11) is 5.42. The van der Waals surface area contributed by atoms with Crippen LogP contribution < -0.4 is 0 Å². The quantitative estimate of drug-likeness (QED) is 0.735. The van der Waals surface area contributed by atoms with Crippen molar-refractivity contribution in [3.63, 3.8) is 0 Å². The summed E-state index contributed by atoms with van der Waals surface area (Å²) in [6.45, 7) is 9.35. The Bertz CT molecular complexity index is 583. The zero-order valence-corrected chi connectivity index (χ0v) is 16.4. The molecule has 0 saturated carbocycles. The molecule has 2 heterocycles. The molecular formula is C18H32N4O3. The molecule has 0 spiro atoms. The van der Waals surface area contributed by atoms with E-state index in [2.05, 4.69) is 37.0 Å². The van der Waals surface area contributed by atoms with E-state index in [9.17, 15) is 4.79 Å². The van der Waals surface area contributed by atoms with Gasteiger partial charge in [0, 0.05) is 52.5 Å². The molecule has 1 amide bonds. The van der Waals surface area contributed by atoms with Crippen LogP contribution in [0.4, 0.5) is 0 Å². The highest BCUT2D eigenvalue weighted by molar-refractivity contribution is 5.76. The van der Waals surface area contributed by atoms with Crippen molar-refractivity contribution in [1.82, 2.24) is 19.6 Å². The number of likely N-dealkylation sites (N-methyl/N-ethyl adjacent to an activating group) is 1. The van der Waals surface area contributed by atoms with E-state index < -0.39 is 0 Å². The number of hydrogen-bond donors (Lipinski definition) is 0. The van der Waals surface area contributed by atoms with Crippen molar-refractivity contribution in [2.24, 2.45) is 7.05 Å². The maximum Gasteiger partial charge on any atom is 0.248 e. The van der Waals surface area contributed by atoms with E-state index in [-0.39, 0.29) is 24.2 Å². The molecule has 0 bridgehead atoms. The summed E-state index contributed by atoms with van der Waals surface area (Å²) < 4.78 is 13.6. The van der Waals surface area contributed by atoms with Crippen LogP contribution in [-0.4, -0.2) is 77.6 Å². The van der Waals surface area contributed by atoms with Crippen LogP contribution in [0.15, 0.2) is 6.20 Å². The van der Waals surface area contributed by atoms with Crippen LogP contribution in [0.1, 0.15) is 32.0 Å². The van der Waals surface area contributed by atoms with E-state index in [0.29, 0.717) is 6.61 Å². The smallest absolute Gasteiger partial charge is 0.248 e. The number of carbonyl (C=O) groups excluding carboxylic acids is 1. The fourth-order valence-electron chi connectivity index (χ4n) is 3.29. The van der Waals surface area contributed by atoms with Crippen molar-refractivity contribution >= 4 is 5.91 Å². The predicted molar refractivity (Wildman–Crippen MR) is 96.3 cm³/mol. The number of carbonyl (C=O) groups is 1. The summed E-state index contributed by atoms with van der Waals surface area (Å²) in [5.74, 6) is -0.0325. The first kappa shape index (κ1) is 19.9. The van der Waals surface area contributed by atoms with Gasteiger partial charge < -0.3 is 14.4 Å². The van der Waals surface area contributed by atoms with Crippen LogP contribution in [0, 0.1) is 0 Å². The van der Waals surface area contributed by atoms with E-state index in [4.69, 9.17) is 9.47 Å². The molecule has 1 aromatic heterocycles. The van der Waals surface area contributed by atoms with Gasteiger partial charge in [0.2, 0.25) is 5.91 Å². The van der Waals surface area contributed by atoms with Gasteiger partial charge in [0.05, 0.1) is 24.0 Å². The van der Waals surface area contributed by atoms with E-state index in [1.165, 1.54) is 10.5 Å². The minimum Gasteiger partial charge on any atom is -0.369 e. The molecule has 1 aromatic rings. The molecular weight excluding hydrogens is 320 g/mol. The fraction of sp³-hybridized carbons (Fsp3) is 0.778. The molecule has 1 unspecified atom stereocenters. The van der Waals surface area contributed by atoms with E-state index in [1.54, 1.807) is 14.1 Å². The highest BCUT2D eigenvalue weighted by atomic mass is 16.5. The van der Waals surface area contributed by atoms with Gasteiger partial charge in [-0.2, -0.15) is 5.10 Å². The molecule has 142 valence electrons. The van der Waals surface area contributed by atoms with Crippen molar-refractivity contribution in [1.29, 1.82) is 0 Å². The van der Waals surface area contributed by atoms with Crippen LogP contribution in [-0.2, 0) is 34.3 Å². The highest BCUT2D eigenvalue weighted by Crippen LogP contribution is 2.23. The standard InChI is InChI=1S/C18H32N4O3/c1-7-16-14(8-21(6)19-16)9-22-10-15(25-18(2,3)13-22)11-24-12-17(23)20(4)5/h8,15H,7,9-13H2,1-6H3. The topological polar surface area (TPSA) is 59.8 Å². The molecule has 1 atom stereocenters. The maximum atomic E-state index is 11.6. The predicted octanol–water partition coefficient (Wildman–Crippen LogP) is 1.07. The lowest BCUT2D eigenvalue weighted by molar-refractivity contribution is -0.161. The Morgan fingerprint density at radius 3 is 2.84 bits per heavy atom. The zero-order chi connectivity index (χ0) is 18.6. The molecule has 0 N–H and O–H groups in total. The SMILES string of the molecule is CCc1nn(C)cc1CN1CC(COCC(=O)N(C)C)OC(C)(C)C1. The van der Waals surface area contributed by atoms with Gasteiger partial charge in [-0.05, 0) is 20.3 Å². The van der Waals surface area contributed by atoms with Crippen LogP contribution >= 0.6 is 0 Å². The first-order chi connectivity index (χ1) is 11.7. The van der Waals surface area contributed by atoms with Gasteiger partial charge in [-0.15, -0.1) is 0 Å². The van der Waals surface area contributed by atoms with Gasteiger partial charge in [0.15, 0.2) is 0 Å². The number of ether oxygens (including phenoxy) is 2. The molecule has 7 nitrogen and oxygen atoms in total. The Hall–Kier alpha value is -1.44. The Balaban J connectivity index is 1.94. The van der Waals surface area contributed by atoms with Crippen molar-refractivity contribution in [3.05, 3.63) is 17.5 Å². The molecule has 7 heteroatoms. The lowest BCUT2D eigenvalue weighted by Gasteiger charge is -2.42. The Morgan fingerprint density at radius 1 is 1.48 bits per heavy atom. The van der Waals surface area contributed by atoms with Crippen LogP contribution in [0.2, 0.25) is 0 Å². The van der Waals surface area contributed by atoms with Gasteiger partial charge in [-0.3, -0.25) is 14.4 Å². The number of aryl methyl sites for hydroxylation is 2. The number of hydrogen-bond acceptors (Lipinski definition) is 5.